The predicted octanol–water partition coefficient (Wildman–Crippen LogP) is 2.29. The molecule has 0 fully saturated rings. The van der Waals surface area contributed by atoms with Crippen molar-refractivity contribution in [2.45, 2.75) is 31.5 Å². The third-order valence-electron chi connectivity index (χ3n) is 3.03. The van der Waals surface area contributed by atoms with Crippen LogP contribution in [0.3, 0.4) is 0 Å². The lowest BCUT2D eigenvalue weighted by Gasteiger charge is -2.12. The van der Waals surface area contributed by atoms with Crippen molar-refractivity contribution in [3.8, 4) is 0 Å². The maximum atomic E-state index is 12.3. The van der Waals surface area contributed by atoms with Gasteiger partial charge in [0.1, 0.15) is 0 Å². The van der Waals surface area contributed by atoms with Gasteiger partial charge < -0.3 is 5.32 Å². The van der Waals surface area contributed by atoms with Crippen molar-refractivity contribution in [1.29, 1.82) is 0 Å². The van der Waals surface area contributed by atoms with Crippen molar-refractivity contribution < 1.29 is 8.42 Å². The van der Waals surface area contributed by atoms with Gasteiger partial charge in [-0.1, -0.05) is 13.0 Å². The van der Waals surface area contributed by atoms with Gasteiger partial charge in [-0.05, 0) is 47.5 Å². The fourth-order valence-corrected chi connectivity index (χ4v) is 3.74. The van der Waals surface area contributed by atoms with Crippen molar-refractivity contribution in [1.82, 2.24) is 15.0 Å². The molecular formula is C14H19N3O2S2. The lowest BCUT2D eigenvalue weighted by atomic mass is 10.2. The van der Waals surface area contributed by atoms with Gasteiger partial charge in [0.2, 0.25) is 0 Å². The average molecular weight is 325 g/mol. The van der Waals surface area contributed by atoms with E-state index in [2.05, 4.69) is 15.0 Å². The number of hydrogen-bond acceptors (Lipinski definition) is 5. The number of nitrogens with zero attached hydrogens (tertiary/aromatic N) is 1. The minimum absolute atomic E-state index is 0.0461. The summed E-state index contributed by atoms with van der Waals surface area (Å²) >= 11 is 1.54. The van der Waals surface area contributed by atoms with Crippen LogP contribution in [0.4, 0.5) is 0 Å². The Morgan fingerprint density at radius 1 is 1.33 bits per heavy atom. The summed E-state index contributed by atoms with van der Waals surface area (Å²) in [5.41, 5.74) is 1.91. The Morgan fingerprint density at radius 2 is 2.14 bits per heavy atom. The summed E-state index contributed by atoms with van der Waals surface area (Å²) < 4.78 is 27.2. The fourth-order valence-electron chi connectivity index (χ4n) is 1.83. The SMILES string of the molecule is CCNCc1ccc(S(=O)(=O)NC(C)c2ccsc2)nc1. The molecule has 7 heteroatoms. The number of aromatic nitrogens is 1. The first-order valence-corrected chi connectivity index (χ1v) is 9.15. The van der Waals surface area contributed by atoms with Gasteiger partial charge in [-0.15, -0.1) is 0 Å². The van der Waals surface area contributed by atoms with Crippen LogP contribution in [0.5, 0.6) is 0 Å². The van der Waals surface area contributed by atoms with E-state index in [4.69, 9.17) is 0 Å². The normalized spacial score (nSPS) is 13.2. The van der Waals surface area contributed by atoms with Crippen molar-refractivity contribution >= 4 is 21.4 Å². The molecule has 5 nitrogen and oxygen atoms in total. The molecule has 1 unspecified atom stereocenters. The van der Waals surface area contributed by atoms with Crippen LogP contribution in [-0.2, 0) is 16.6 Å². The second-order valence-electron chi connectivity index (χ2n) is 4.68. The molecule has 0 aliphatic carbocycles. The molecule has 21 heavy (non-hydrogen) atoms. The van der Waals surface area contributed by atoms with Gasteiger partial charge in [-0.25, -0.2) is 18.1 Å². The molecule has 0 bridgehead atoms. The van der Waals surface area contributed by atoms with E-state index in [0.29, 0.717) is 6.54 Å². The highest BCUT2D eigenvalue weighted by molar-refractivity contribution is 7.89. The van der Waals surface area contributed by atoms with E-state index in [0.717, 1.165) is 17.7 Å². The Balaban J connectivity index is 2.08. The summed E-state index contributed by atoms with van der Waals surface area (Å²) in [5.74, 6) is 0. The Hall–Kier alpha value is -1.28. The topological polar surface area (TPSA) is 71.1 Å². The van der Waals surface area contributed by atoms with E-state index in [1.165, 1.54) is 6.07 Å². The second kappa shape index (κ2) is 7.13. The summed E-state index contributed by atoms with van der Waals surface area (Å²) in [6, 6.07) is 4.95. The molecule has 0 amide bonds. The molecule has 114 valence electrons. The molecule has 0 aliphatic heterocycles. The van der Waals surface area contributed by atoms with E-state index in [9.17, 15) is 8.42 Å². The molecule has 2 aromatic heterocycles. The van der Waals surface area contributed by atoms with E-state index < -0.39 is 10.0 Å². The molecule has 0 spiro atoms. The van der Waals surface area contributed by atoms with E-state index in [-0.39, 0.29) is 11.1 Å². The van der Waals surface area contributed by atoms with Crippen LogP contribution < -0.4 is 10.0 Å². The van der Waals surface area contributed by atoms with Crippen LogP contribution in [0.15, 0.2) is 40.2 Å². The molecule has 1 atom stereocenters. The first kappa shape index (κ1) is 16.1. The number of rotatable bonds is 7. The molecule has 2 rings (SSSR count). The molecule has 2 aromatic rings. The standard InChI is InChI=1S/C14H19N3O2S2/c1-3-15-8-12-4-5-14(16-9-12)21(18,19)17-11(2)13-6-7-20-10-13/h4-7,9-11,15,17H,3,8H2,1-2H3. The lowest BCUT2D eigenvalue weighted by Crippen LogP contribution is -2.27. The van der Waals surface area contributed by atoms with Gasteiger partial charge in [0.25, 0.3) is 10.0 Å². The lowest BCUT2D eigenvalue weighted by molar-refractivity contribution is 0.563. The van der Waals surface area contributed by atoms with Crippen molar-refractivity contribution in [2.24, 2.45) is 0 Å². The fraction of sp³-hybridized carbons (Fsp3) is 0.357. The monoisotopic (exact) mass is 325 g/mol. The van der Waals surface area contributed by atoms with Crippen molar-refractivity contribution in [2.75, 3.05) is 6.54 Å². The van der Waals surface area contributed by atoms with Crippen LogP contribution in [0.1, 0.15) is 31.0 Å². The molecule has 0 saturated carbocycles. The van der Waals surface area contributed by atoms with Gasteiger partial charge in [-0.2, -0.15) is 11.3 Å². The van der Waals surface area contributed by atoms with Crippen LogP contribution in [0.2, 0.25) is 0 Å². The highest BCUT2D eigenvalue weighted by atomic mass is 32.2. The zero-order chi connectivity index (χ0) is 15.3. The Labute approximate surface area is 129 Å². The maximum absolute atomic E-state index is 12.3. The van der Waals surface area contributed by atoms with Gasteiger partial charge >= 0.3 is 0 Å². The summed E-state index contributed by atoms with van der Waals surface area (Å²) in [6.45, 7) is 5.38. The first-order chi connectivity index (χ1) is 10.0. The third kappa shape index (κ3) is 4.34. The minimum Gasteiger partial charge on any atom is -0.313 e. The number of hydrogen-bond donors (Lipinski definition) is 2. The zero-order valence-corrected chi connectivity index (χ0v) is 13.7. The molecule has 0 saturated heterocycles. The maximum Gasteiger partial charge on any atom is 0.258 e. The van der Waals surface area contributed by atoms with Gasteiger partial charge in [0.15, 0.2) is 5.03 Å². The number of thiophene rings is 1. The molecule has 0 aliphatic rings. The highest BCUT2D eigenvalue weighted by Crippen LogP contribution is 2.18. The smallest absolute Gasteiger partial charge is 0.258 e. The van der Waals surface area contributed by atoms with Crippen LogP contribution in [-0.4, -0.2) is 19.9 Å². The Bertz CT molecular complexity index is 652. The quantitative estimate of drug-likeness (QED) is 0.819. The van der Waals surface area contributed by atoms with Crippen LogP contribution >= 0.6 is 11.3 Å². The Morgan fingerprint density at radius 3 is 2.71 bits per heavy atom. The molecule has 0 radical (unpaired) electrons. The summed E-state index contributed by atoms with van der Waals surface area (Å²) in [5, 5.41) is 7.07. The third-order valence-corrected chi connectivity index (χ3v) is 5.18. The summed E-state index contributed by atoms with van der Waals surface area (Å²) in [7, 11) is -3.60. The van der Waals surface area contributed by atoms with E-state index >= 15 is 0 Å². The highest BCUT2D eigenvalue weighted by Gasteiger charge is 2.19. The zero-order valence-electron chi connectivity index (χ0n) is 12.0. The number of pyridine rings is 1. The molecule has 2 N–H and O–H groups in total. The number of nitrogens with one attached hydrogen (secondary N) is 2. The average Bonchev–Trinajstić information content (AvgIpc) is 2.99. The van der Waals surface area contributed by atoms with Gasteiger partial charge in [-0.3, -0.25) is 0 Å². The number of sulfonamides is 1. The molecular weight excluding hydrogens is 306 g/mol. The van der Waals surface area contributed by atoms with Crippen molar-refractivity contribution in [3.05, 3.63) is 46.3 Å². The second-order valence-corrected chi connectivity index (χ2v) is 7.13. The summed E-state index contributed by atoms with van der Waals surface area (Å²) in [6.07, 6.45) is 1.59. The largest absolute Gasteiger partial charge is 0.313 e. The molecule has 0 aromatic carbocycles. The minimum atomic E-state index is -3.60. The van der Waals surface area contributed by atoms with Crippen LogP contribution in [0.25, 0.3) is 0 Å². The Kier molecular flexibility index (Phi) is 5.46. The van der Waals surface area contributed by atoms with E-state index in [1.54, 1.807) is 23.6 Å². The predicted molar refractivity (Wildman–Crippen MR) is 84.7 cm³/mol. The van der Waals surface area contributed by atoms with Gasteiger partial charge in [0.05, 0.1) is 0 Å². The first-order valence-electron chi connectivity index (χ1n) is 6.73. The van der Waals surface area contributed by atoms with E-state index in [1.807, 2.05) is 30.7 Å². The summed E-state index contributed by atoms with van der Waals surface area (Å²) in [4.78, 5) is 4.05. The van der Waals surface area contributed by atoms with Crippen molar-refractivity contribution in [3.63, 3.8) is 0 Å². The molecule has 2 heterocycles. The van der Waals surface area contributed by atoms with Crippen LogP contribution in [0, 0.1) is 0 Å². The van der Waals surface area contributed by atoms with Gasteiger partial charge in [0, 0.05) is 18.8 Å².